The first-order valence-electron chi connectivity index (χ1n) is 9.24. The molecule has 0 aliphatic carbocycles. The predicted molar refractivity (Wildman–Crippen MR) is 115 cm³/mol. The van der Waals surface area contributed by atoms with Crippen LogP contribution in [0.3, 0.4) is 0 Å². The Morgan fingerprint density at radius 1 is 0.897 bits per heavy atom. The number of fused-ring (bicyclic) bond motifs is 3. The van der Waals surface area contributed by atoms with Crippen LogP contribution in [0.15, 0.2) is 65.6 Å². The number of anilines is 1. The van der Waals surface area contributed by atoms with Gasteiger partial charge in [0.05, 0.1) is 14.2 Å². The van der Waals surface area contributed by atoms with Crippen LogP contribution in [-0.4, -0.2) is 27.2 Å². The third kappa shape index (κ3) is 3.27. The number of rotatable bonds is 6. The summed E-state index contributed by atoms with van der Waals surface area (Å²) in [6.45, 7) is 2.93. The van der Waals surface area contributed by atoms with E-state index in [1.165, 1.54) is 20.3 Å². The van der Waals surface area contributed by atoms with Crippen molar-refractivity contribution in [3.8, 4) is 11.5 Å². The van der Waals surface area contributed by atoms with Crippen LogP contribution in [0.4, 0.5) is 5.69 Å². The first-order valence-corrected chi connectivity index (χ1v) is 10.7. The molecule has 4 rings (SSSR count). The molecule has 0 aliphatic heterocycles. The van der Waals surface area contributed by atoms with Crippen molar-refractivity contribution in [2.24, 2.45) is 0 Å². The summed E-state index contributed by atoms with van der Waals surface area (Å²) in [5.41, 5.74) is 2.69. The summed E-state index contributed by atoms with van der Waals surface area (Å²) in [6, 6.07) is 18.3. The van der Waals surface area contributed by atoms with Crippen LogP contribution in [-0.2, 0) is 16.6 Å². The number of nitrogens with one attached hydrogen (secondary N) is 1. The Balaban J connectivity index is 1.79. The number of aromatic nitrogens is 1. The maximum atomic E-state index is 13.0. The zero-order chi connectivity index (χ0) is 20.6. The molecule has 0 unspecified atom stereocenters. The maximum absolute atomic E-state index is 13.0. The van der Waals surface area contributed by atoms with Gasteiger partial charge in [0, 0.05) is 40.1 Å². The summed E-state index contributed by atoms with van der Waals surface area (Å²) in [6.07, 6.45) is 0. The molecule has 0 aliphatic rings. The van der Waals surface area contributed by atoms with E-state index in [1.807, 2.05) is 24.3 Å². The van der Waals surface area contributed by atoms with Gasteiger partial charge in [-0.25, -0.2) is 8.42 Å². The molecule has 29 heavy (non-hydrogen) atoms. The molecule has 0 radical (unpaired) electrons. The SMILES string of the molecule is CCn1c2ccccc2c2cc(NS(=O)(=O)c3ccc(OC)cc3OC)ccc21. The Morgan fingerprint density at radius 2 is 1.66 bits per heavy atom. The lowest BCUT2D eigenvalue weighted by atomic mass is 10.1. The van der Waals surface area contributed by atoms with Crippen LogP contribution < -0.4 is 14.2 Å². The molecule has 150 valence electrons. The maximum Gasteiger partial charge on any atom is 0.265 e. The summed E-state index contributed by atoms with van der Waals surface area (Å²) in [5, 5.41) is 2.09. The summed E-state index contributed by atoms with van der Waals surface area (Å²) < 4.78 is 41.3. The number of para-hydroxylation sites is 1. The third-order valence-corrected chi connectivity index (χ3v) is 6.42. The fourth-order valence-corrected chi connectivity index (χ4v) is 4.87. The minimum absolute atomic E-state index is 0.0527. The molecule has 0 spiro atoms. The topological polar surface area (TPSA) is 69.6 Å². The smallest absolute Gasteiger partial charge is 0.265 e. The fraction of sp³-hybridized carbons (Fsp3) is 0.182. The van der Waals surface area contributed by atoms with Crippen molar-refractivity contribution in [3.05, 3.63) is 60.7 Å². The highest BCUT2D eigenvalue weighted by molar-refractivity contribution is 7.92. The standard InChI is InChI=1S/C22H22N2O4S/c1-4-24-19-8-6-5-7-17(19)18-13-15(9-11-20(18)24)23-29(25,26)22-12-10-16(27-2)14-21(22)28-3/h5-14,23H,4H2,1-3H3. The molecule has 0 saturated heterocycles. The second kappa shape index (κ2) is 7.33. The molecular formula is C22H22N2O4S. The van der Waals surface area contributed by atoms with Gasteiger partial charge in [-0.15, -0.1) is 0 Å². The molecule has 0 atom stereocenters. The van der Waals surface area contributed by atoms with Crippen molar-refractivity contribution in [1.29, 1.82) is 0 Å². The van der Waals surface area contributed by atoms with Crippen molar-refractivity contribution >= 4 is 37.5 Å². The summed E-state index contributed by atoms with van der Waals surface area (Å²) in [7, 11) is -0.892. The third-order valence-electron chi connectivity index (χ3n) is 5.00. The van der Waals surface area contributed by atoms with E-state index in [9.17, 15) is 8.42 Å². The highest BCUT2D eigenvalue weighted by Crippen LogP contribution is 2.33. The first kappa shape index (κ1) is 19.1. The lowest BCUT2D eigenvalue weighted by Crippen LogP contribution is -2.14. The molecular weight excluding hydrogens is 388 g/mol. The minimum Gasteiger partial charge on any atom is -0.497 e. The van der Waals surface area contributed by atoms with Gasteiger partial charge in [0.1, 0.15) is 16.4 Å². The molecule has 1 heterocycles. The van der Waals surface area contributed by atoms with E-state index >= 15 is 0 Å². The quantitative estimate of drug-likeness (QED) is 0.503. The van der Waals surface area contributed by atoms with Crippen LogP contribution in [0, 0.1) is 0 Å². The number of nitrogens with zero attached hydrogens (tertiary/aromatic N) is 1. The van der Waals surface area contributed by atoms with Crippen LogP contribution in [0.2, 0.25) is 0 Å². The molecule has 0 bridgehead atoms. The summed E-state index contributed by atoms with van der Waals surface area (Å²) in [5.74, 6) is 0.745. The van der Waals surface area contributed by atoms with E-state index in [1.54, 1.807) is 18.2 Å². The van der Waals surface area contributed by atoms with Gasteiger partial charge in [0.15, 0.2) is 0 Å². The Kier molecular flexibility index (Phi) is 4.84. The average molecular weight is 410 g/mol. The Labute approximate surface area is 169 Å². The van der Waals surface area contributed by atoms with Crippen molar-refractivity contribution in [3.63, 3.8) is 0 Å². The summed E-state index contributed by atoms with van der Waals surface area (Å²) in [4.78, 5) is 0.0527. The molecule has 3 aromatic carbocycles. The van der Waals surface area contributed by atoms with Crippen LogP contribution in [0.5, 0.6) is 11.5 Å². The van der Waals surface area contributed by atoms with Gasteiger partial charge in [0.2, 0.25) is 0 Å². The van der Waals surface area contributed by atoms with Crippen molar-refractivity contribution < 1.29 is 17.9 Å². The lowest BCUT2D eigenvalue weighted by Gasteiger charge is -2.13. The minimum atomic E-state index is -3.84. The van der Waals surface area contributed by atoms with Crippen LogP contribution >= 0.6 is 0 Å². The van der Waals surface area contributed by atoms with E-state index in [0.29, 0.717) is 11.4 Å². The van der Waals surface area contributed by atoms with E-state index in [-0.39, 0.29) is 10.6 Å². The molecule has 1 N–H and O–H groups in total. The largest absolute Gasteiger partial charge is 0.497 e. The first-order chi connectivity index (χ1) is 14.0. The van der Waals surface area contributed by atoms with Crippen LogP contribution in [0.25, 0.3) is 21.8 Å². The fourth-order valence-electron chi connectivity index (χ4n) is 3.66. The number of ether oxygens (including phenoxy) is 2. The monoisotopic (exact) mass is 410 g/mol. The van der Waals surface area contributed by atoms with Crippen molar-refractivity contribution in [1.82, 2.24) is 4.57 Å². The zero-order valence-corrected chi connectivity index (χ0v) is 17.3. The molecule has 1 aromatic heterocycles. The lowest BCUT2D eigenvalue weighted by molar-refractivity contribution is 0.386. The number of benzene rings is 3. The van der Waals surface area contributed by atoms with Gasteiger partial charge in [-0.05, 0) is 43.3 Å². The Bertz CT molecular complexity index is 1310. The summed E-state index contributed by atoms with van der Waals surface area (Å²) >= 11 is 0. The number of aryl methyl sites for hydroxylation is 1. The van der Waals surface area contributed by atoms with E-state index in [0.717, 1.165) is 28.4 Å². The van der Waals surface area contributed by atoms with Gasteiger partial charge in [-0.2, -0.15) is 0 Å². The number of methoxy groups -OCH3 is 2. The highest BCUT2D eigenvalue weighted by Gasteiger charge is 2.21. The molecule has 0 fully saturated rings. The van der Waals surface area contributed by atoms with E-state index in [2.05, 4.69) is 28.3 Å². The Hall–Kier alpha value is -3.19. The normalized spacial score (nSPS) is 11.7. The molecule has 4 aromatic rings. The second-order valence-corrected chi connectivity index (χ2v) is 8.27. The number of hydrogen-bond acceptors (Lipinski definition) is 4. The average Bonchev–Trinajstić information content (AvgIpc) is 3.06. The van der Waals surface area contributed by atoms with Gasteiger partial charge in [0.25, 0.3) is 10.0 Å². The predicted octanol–water partition coefficient (Wildman–Crippen LogP) is 4.63. The van der Waals surface area contributed by atoms with Gasteiger partial charge >= 0.3 is 0 Å². The van der Waals surface area contributed by atoms with Crippen molar-refractivity contribution in [2.45, 2.75) is 18.4 Å². The number of hydrogen-bond donors (Lipinski definition) is 1. The second-order valence-electron chi connectivity index (χ2n) is 6.62. The van der Waals surface area contributed by atoms with Crippen molar-refractivity contribution in [2.75, 3.05) is 18.9 Å². The molecule has 0 saturated carbocycles. The van der Waals surface area contributed by atoms with E-state index < -0.39 is 10.0 Å². The van der Waals surface area contributed by atoms with Gasteiger partial charge in [-0.3, -0.25) is 4.72 Å². The Morgan fingerprint density at radius 3 is 2.38 bits per heavy atom. The molecule has 0 amide bonds. The van der Waals surface area contributed by atoms with Gasteiger partial charge < -0.3 is 14.0 Å². The van der Waals surface area contributed by atoms with E-state index in [4.69, 9.17) is 9.47 Å². The molecule has 6 nitrogen and oxygen atoms in total. The van der Waals surface area contributed by atoms with Gasteiger partial charge in [-0.1, -0.05) is 18.2 Å². The highest BCUT2D eigenvalue weighted by atomic mass is 32.2. The zero-order valence-electron chi connectivity index (χ0n) is 16.5. The molecule has 7 heteroatoms. The van der Waals surface area contributed by atoms with Crippen LogP contribution in [0.1, 0.15) is 6.92 Å². The number of sulfonamides is 1.